The van der Waals surface area contributed by atoms with Crippen molar-refractivity contribution in [2.24, 2.45) is 11.7 Å². The van der Waals surface area contributed by atoms with E-state index in [4.69, 9.17) is 5.73 Å². The quantitative estimate of drug-likeness (QED) is 0.749. The predicted molar refractivity (Wildman–Crippen MR) is 62.5 cm³/mol. The molecule has 0 saturated heterocycles. The van der Waals surface area contributed by atoms with Crippen LogP contribution < -0.4 is 11.1 Å². The van der Waals surface area contributed by atoms with Gasteiger partial charge in [0.05, 0.1) is 6.04 Å². The second-order valence-corrected chi connectivity index (χ2v) is 4.74. The van der Waals surface area contributed by atoms with Crippen LogP contribution >= 0.6 is 0 Å². The van der Waals surface area contributed by atoms with Crippen LogP contribution in [-0.4, -0.2) is 18.5 Å². The first-order valence-electron chi connectivity index (χ1n) is 6.23. The number of rotatable bonds is 3. The summed E-state index contributed by atoms with van der Waals surface area (Å²) in [5, 5.41) is 2.94. The number of carbonyl (C=O) groups excluding carboxylic acids is 1. The first-order chi connectivity index (χ1) is 7.20. The fourth-order valence-corrected chi connectivity index (χ4v) is 2.15. The maximum Gasteiger partial charge on any atom is 0.236 e. The van der Waals surface area contributed by atoms with Gasteiger partial charge in [-0.2, -0.15) is 0 Å². The van der Waals surface area contributed by atoms with Gasteiger partial charge in [-0.05, 0) is 25.7 Å². The minimum absolute atomic E-state index is 0.0166. The first-order valence-corrected chi connectivity index (χ1v) is 6.23. The van der Waals surface area contributed by atoms with Gasteiger partial charge in [-0.3, -0.25) is 4.79 Å². The normalized spacial score (nSPS) is 21.5. The molecule has 0 aliphatic heterocycles. The van der Waals surface area contributed by atoms with Crippen molar-refractivity contribution < 1.29 is 4.79 Å². The Balaban J connectivity index is 2.20. The van der Waals surface area contributed by atoms with E-state index >= 15 is 0 Å². The number of hydrogen-bond donors (Lipinski definition) is 2. The molecule has 1 fully saturated rings. The van der Waals surface area contributed by atoms with Gasteiger partial charge in [-0.15, -0.1) is 0 Å². The Bertz CT molecular complexity index is 184. The Morgan fingerprint density at radius 1 is 1.27 bits per heavy atom. The zero-order chi connectivity index (χ0) is 11.1. The Kier molecular flexibility index (Phi) is 5.69. The summed E-state index contributed by atoms with van der Waals surface area (Å²) in [4.78, 5) is 11.3. The Morgan fingerprint density at radius 3 is 2.33 bits per heavy atom. The van der Waals surface area contributed by atoms with Crippen molar-refractivity contribution in [3.63, 3.8) is 0 Å². The molecule has 1 unspecified atom stereocenters. The topological polar surface area (TPSA) is 55.1 Å². The van der Waals surface area contributed by atoms with Crippen LogP contribution in [0.2, 0.25) is 0 Å². The zero-order valence-electron chi connectivity index (χ0n) is 9.80. The van der Waals surface area contributed by atoms with E-state index in [-0.39, 0.29) is 11.9 Å². The Labute approximate surface area is 92.8 Å². The summed E-state index contributed by atoms with van der Waals surface area (Å²) >= 11 is 0. The number of hydrogen-bond acceptors (Lipinski definition) is 2. The average molecular weight is 212 g/mol. The molecule has 88 valence electrons. The fourth-order valence-electron chi connectivity index (χ4n) is 2.15. The molecule has 1 saturated carbocycles. The number of nitrogens with one attached hydrogen (secondary N) is 1. The van der Waals surface area contributed by atoms with Gasteiger partial charge in [0.2, 0.25) is 5.91 Å². The molecule has 0 radical (unpaired) electrons. The van der Waals surface area contributed by atoms with E-state index in [1.165, 1.54) is 44.9 Å². The lowest BCUT2D eigenvalue weighted by molar-refractivity contribution is -0.122. The van der Waals surface area contributed by atoms with Gasteiger partial charge in [0.25, 0.3) is 0 Å². The van der Waals surface area contributed by atoms with Crippen molar-refractivity contribution in [3.8, 4) is 0 Å². The highest BCUT2D eigenvalue weighted by Crippen LogP contribution is 2.21. The second kappa shape index (κ2) is 6.83. The summed E-state index contributed by atoms with van der Waals surface area (Å²) in [5.74, 6) is 0.657. The predicted octanol–water partition coefficient (Wildman–Crippen LogP) is 1.81. The number of nitrogens with two attached hydrogens (primary N) is 1. The summed E-state index contributed by atoms with van der Waals surface area (Å²) in [6.07, 6.45) is 9.27. The van der Waals surface area contributed by atoms with Gasteiger partial charge in [0.1, 0.15) is 0 Å². The van der Waals surface area contributed by atoms with Crippen molar-refractivity contribution in [2.75, 3.05) is 6.54 Å². The maximum atomic E-state index is 11.3. The molecule has 1 rings (SSSR count). The summed E-state index contributed by atoms with van der Waals surface area (Å²) in [6, 6.07) is -0.376. The van der Waals surface area contributed by atoms with Crippen LogP contribution in [0.4, 0.5) is 0 Å². The molecule has 0 aromatic heterocycles. The molecule has 3 heteroatoms. The van der Waals surface area contributed by atoms with Crippen LogP contribution in [0.1, 0.15) is 51.9 Å². The molecule has 3 nitrogen and oxygen atoms in total. The molecule has 0 aromatic carbocycles. The lowest BCUT2D eigenvalue weighted by Gasteiger charge is -2.20. The van der Waals surface area contributed by atoms with E-state index in [0.29, 0.717) is 5.92 Å². The van der Waals surface area contributed by atoms with Gasteiger partial charge >= 0.3 is 0 Å². The summed E-state index contributed by atoms with van der Waals surface area (Å²) < 4.78 is 0. The third kappa shape index (κ3) is 5.17. The minimum atomic E-state index is -0.376. The maximum absolute atomic E-state index is 11.3. The monoisotopic (exact) mass is 212 g/mol. The first kappa shape index (κ1) is 12.5. The number of carbonyl (C=O) groups is 1. The van der Waals surface area contributed by atoms with Gasteiger partial charge in [-0.1, -0.05) is 32.1 Å². The summed E-state index contributed by atoms with van der Waals surface area (Å²) in [6.45, 7) is 2.55. The third-order valence-electron chi connectivity index (χ3n) is 3.20. The second-order valence-electron chi connectivity index (χ2n) is 4.74. The molecule has 1 atom stereocenters. The van der Waals surface area contributed by atoms with Gasteiger partial charge in [0, 0.05) is 6.54 Å². The van der Waals surface area contributed by atoms with E-state index in [0.717, 1.165) is 6.54 Å². The molecule has 0 heterocycles. The zero-order valence-corrected chi connectivity index (χ0v) is 9.80. The van der Waals surface area contributed by atoms with E-state index < -0.39 is 0 Å². The lowest BCUT2D eigenvalue weighted by Crippen LogP contribution is -2.40. The third-order valence-corrected chi connectivity index (χ3v) is 3.20. The van der Waals surface area contributed by atoms with E-state index in [9.17, 15) is 4.79 Å². The van der Waals surface area contributed by atoms with Crippen molar-refractivity contribution in [3.05, 3.63) is 0 Å². The van der Waals surface area contributed by atoms with Crippen molar-refractivity contribution in [1.29, 1.82) is 0 Å². The lowest BCUT2D eigenvalue weighted by atomic mass is 9.91. The van der Waals surface area contributed by atoms with E-state index in [2.05, 4.69) is 5.32 Å². The van der Waals surface area contributed by atoms with E-state index in [1.54, 1.807) is 6.92 Å². The average Bonchev–Trinajstić information content (AvgIpc) is 2.15. The van der Waals surface area contributed by atoms with Crippen LogP contribution in [0.15, 0.2) is 0 Å². The largest absolute Gasteiger partial charge is 0.354 e. The smallest absolute Gasteiger partial charge is 0.236 e. The molecule has 0 aromatic rings. The van der Waals surface area contributed by atoms with Crippen LogP contribution in [-0.2, 0) is 4.79 Å². The summed E-state index contributed by atoms with van der Waals surface area (Å²) in [5.41, 5.74) is 5.50. The molecule has 1 aliphatic carbocycles. The Morgan fingerprint density at radius 2 is 1.80 bits per heavy atom. The molecule has 3 N–H and O–H groups in total. The molecular formula is C12H24N2O. The minimum Gasteiger partial charge on any atom is -0.354 e. The SMILES string of the molecule is CC(N)C(=O)NCC1CCCCCCC1. The van der Waals surface area contributed by atoms with Gasteiger partial charge in [0.15, 0.2) is 0 Å². The van der Waals surface area contributed by atoms with Gasteiger partial charge in [-0.25, -0.2) is 0 Å². The van der Waals surface area contributed by atoms with Crippen LogP contribution in [0.3, 0.4) is 0 Å². The van der Waals surface area contributed by atoms with Crippen LogP contribution in [0, 0.1) is 5.92 Å². The summed E-state index contributed by atoms with van der Waals surface area (Å²) in [7, 11) is 0. The number of amides is 1. The molecule has 0 bridgehead atoms. The molecule has 1 aliphatic rings. The highest BCUT2D eigenvalue weighted by Gasteiger charge is 2.13. The van der Waals surface area contributed by atoms with Crippen molar-refractivity contribution in [2.45, 2.75) is 57.9 Å². The van der Waals surface area contributed by atoms with Crippen molar-refractivity contribution in [1.82, 2.24) is 5.32 Å². The highest BCUT2D eigenvalue weighted by molar-refractivity contribution is 5.80. The Hall–Kier alpha value is -0.570. The molecular weight excluding hydrogens is 188 g/mol. The standard InChI is InChI=1S/C12H24N2O/c1-10(13)12(15)14-9-11-7-5-3-2-4-6-8-11/h10-11H,2-9,13H2,1H3,(H,14,15). The van der Waals surface area contributed by atoms with Crippen LogP contribution in [0.25, 0.3) is 0 Å². The molecule has 0 spiro atoms. The van der Waals surface area contributed by atoms with Crippen molar-refractivity contribution >= 4 is 5.91 Å². The highest BCUT2D eigenvalue weighted by atomic mass is 16.2. The van der Waals surface area contributed by atoms with Gasteiger partial charge < -0.3 is 11.1 Å². The fraction of sp³-hybridized carbons (Fsp3) is 0.917. The van der Waals surface area contributed by atoms with Crippen LogP contribution in [0.5, 0.6) is 0 Å². The molecule has 1 amide bonds. The van der Waals surface area contributed by atoms with E-state index in [1.807, 2.05) is 0 Å². The molecule has 15 heavy (non-hydrogen) atoms.